The number of hydrogen-bond acceptors (Lipinski definition) is 7. The Morgan fingerprint density at radius 3 is 2.21 bits per heavy atom. The highest BCUT2D eigenvalue weighted by Crippen LogP contribution is 2.07. The van der Waals surface area contributed by atoms with Crippen LogP contribution in [-0.4, -0.2) is 55.4 Å². The molecule has 1 rings (SSSR count). The predicted octanol–water partition coefficient (Wildman–Crippen LogP) is 3.04. The summed E-state index contributed by atoms with van der Waals surface area (Å²) in [6.45, 7) is 7.30. The minimum atomic E-state index is -1.02. The zero-order valence-electron chi connectivity index (χ0n) is 20.6. The van der Waals surface area contributed by atoms with Crippen molar-refractivity contribution in [2.45, 2.75) is 77.7 Å². The molecule has 3 amide bonds. The molecule has 1 aromatic rings. The summed E-state index contributed by atoms with van der Waals surface area (Å²) < 4.78 is 15.1. The van der Waals surface area contributed by atoms with Crippen LogP contribution in [0.3, 0.4) is 0 Å². The van der Waals surface area contributed by atoms with Gasteiger partial charge in [-0.2, -0.15) is 0 Å². The highest BCUT2D eigenvalue weighted by atomic mass is 16.6. The van der Waals surface area contributed by atoms with Crippen molar-refractivity contribution in [1.82, 2.24) is 16.0 Å². The third-order valence-corrected chi connectivity index (χ3v) is 4.57. The van der Waals surface area contributed by atoms with Crippen LogP contribution in [-0.2, 0) is 30.4 Å². The quantitative estimate of drug-likeness (QED) is 0.310. The van der Waals surface area contributed by atoms with E-state index in [1.54, 1.807) is 20.8 Å². The molecule has 0 fully saturated rings. The summed E-state index contributed by atoms with van der Waals surface area (Å²) in [6.07, 6.45) is 0.571. The van der Waals surface area contributed by atoms with Crippen LogP contribution in [0.1, 0.15) is 58.9 Å². The highest BCUT2D eigenvalue weighted by molar-refractivity contribution is 5.89. The third kappa shape index (κ3) is 12.1. The maximum absolute atomic E-state index is 12.9. The van der Waals surface area contributed by atoms with E-state index >= 15 is 0 Å². The van der Waals surface area contributed by atoms with Gasteiger partial charge in [-0.05, 0) is 39.2 Å². The summed E-state index contributed by atoms with van der Waals surface area (Å²) >= 11 is 0. The number of esters is 1. The minimum Gasteiger partial charge on any atom is -0.467 e. The molecule has 190 valence electrons. The summed E-state index contributed by atoms with van der Waals surface area (Å²) in [7, 11) is 1.20. The van der Waals surface area contributed by atoms with Crippen molar-refractivity contribution in [3.05, 3.63) is 35.9 Å². The lowest BCUT2D eigenvalue weighted by molar-refractivity contribution is -0.145. The summed E-state index contributed by atoms with van der Waals surface area (Å²) in [6, 6.07) is 7.25. The van der Waals surface area contributed by atoms with Crippen LogP contribution in [0.4, 0.5) is 9.59 Å². The summed E-state index contributed by atoms with van der Waals surface area (Å²) in [5.74, 6) is -1.21. The van der Waals surface area contributed by atoms with E-state index < -0.39 is 41.7 Å². The van der Waals surface area contributed by atoms with Gasteiger partial charge in [-0.15, -0.1) is 0 Å². The Morgan fingerprint density at radius 1 is 0.941 bits per heavy atom. The number of unbranched alkanes of at least 4 members (excludes halogenated alkanes) is 1. The number of nitrogens with one attached hydrogen (secondary N) is 3. The summed E-state index contributed by atoms with van der Waals surface area (Å²) in [5, 5.41) is 7.71. The van der Waals surface area contributed by atoms with Crippen molar-refractivity contribution in [1.29, 1.82) is 0 Å². The number of carbonyl (C=O) groups is 4. The molecule has 0 bridgehead atoms. The molecule has 1 aromatic carbocycles. The zero-order valence-corrected chi connectivity index (χ0v) is 20.6. The fourth-order valence-corrected chi connectivity index (χ4v) is 2.88. The highest BCUT2D eigenvalue weighted by Gasteiger charge is 2.27. The second kappa shape index (κ2) is 14.8. The molecule has 0 saturated carbocycles. The minimum absolute atomic E-state index is 0.0654. The lowest BCUT2D eigenvalue weighted by Gasteiger charge is -2.23. The van der Waals surface area contributed by atoms with Crippen LogP contribution >= 0.6 is 0 Å². The second-order valence-electron chi connectivity index (χ2n) is 8.70. The molecule has 0 heterocycles. The van der Waals surface area contributed by atoms with Gasteiger partial charge in [0, 0.05) is 6.54 Å². The number of methoxy groups -OCH3 is 1. The van der Waals surface area contributed by atoms with Gasteiger partial charge < -0.3 is 30.2 Å². The Hall–Kier alpha value is -3.30. The molecule has 10 heteroatoms. The van der Waals surface area contributed by atoms with E-state index in [4.69, 9.17) is 14.2 Å². The van der Waals surface area contributed by atoms with Gasteiger partial charge in [-0.3, -0.25) is 4.79 Å². The molecule has 2 atom stereocenters. The molecule has 3 N–H and O–H groups in total. The number of benzene rings is 1. The Balaban J connectivity index is 2.68. The number of ether oxygens (including phenoxy) is 3. The molecule has 0 aromatic heterocycles. The lowest BCUT2D eigenvalue weighted by Crippen LogP contribution is -2.52. The maximum atomic E-state index is 12.9. The smallest absolute Gasteiger partial charge is 0.408 e. The van der Waals surface area contributed by atoms with Crippen LogP contribution in [0.2, 0.25) is 0 Å². The van der Waals surface area contributed by atoms with Crippen molar-refractivity contribution < 1.29 is 33.4 Å². The topological polar surface area (TPSA) is 132 Å². The van der Waals surface area contributed by atoms with Crippen LogP contribution in [0.15, 0.2) is 30.3 Å². The van der Waals surface area contributed by atoms with Gasteiger partial charge in [0.05, 0.1) is 7.11 Å². The molecule has 10 nitrogen and oxygen atoms in total. The number of hydrogen-bond donors (Lipinski definition) is 3. The molecule has 0 aliphatic carbocycles. The number of alkyl carbamates (subject to hydrolysis) is 2. The van der Waals surface area contributed by atoms with Gasteiger partial charge in [0.2, 0.25) is 5.91 Å². The van der Waals surface area contributed by atoms with Gasteiger partial charge in [0.25, 0.3) is 0 Å². The predicted molar refractivity (Wildman–Crippen MR) is 126 cm³/mol. The molecule has 34 heavy (non-hydrogen) atoms. The molecule has 0 radical (unpaired) electrons. The monoisotopic (exact) mass is 479 g/mol. The SMILES string of the molecule is CCCC[C@H](NC(=O)OCc1ccccc1)C(=O)N[C@@H](CCNC(=O)OC(C)(C)C)C(=O)OC. The van der Waals surface area contributed by atoms with Crippen molar-refractivity contribution >= 4 is 24.1 Å². The van der Waals surface area contributed by atoms with E-state index in [0.717, 1.165) is 12.0 Å². The van der Waals surface area contributed by atoms with Crippen molar-refractivity contribution in [2.24, 2.45) is 0 Å². The summed E-state index contributed by atoms with van der Waals surface area (Å²) in [4.78, 5) is 49.1. The zero-order chi connectivity index (χ0) is 25.6. The van der Waals surface area contributed by atoms with Crippen molar-refractivity contribution in [2.75, 3.05) is 13.7 Å². The normalized spacial score (nSPS) is 12.6. The van der Waals surface area contributed by atoms with Crippen molar-refractivity contribution in [3.8, 4) is 0 Å². The van der Waals surface area contributed by atoms with Gasteiger partial charge in [0.1, 0.15) is 24.3 Å². The average Bonchev–Trinajstić information content (AvgIpc) is 2.78. The van der Waals surface area contributed by atoms with E-state index in [1.165, 1.54) is 7.11 Å². The summed E-state index contributed by atoms with van der Waals surface area (Å²) in [5.41, 5.74) is 0.156. The first-order valence-corrected chi connectivity index (χ1v) is 11.4. The Kier molecular flexibility index (Phi) is 12.5. The van der Waals surface area contributed by atoms with E-state index in [0.29, 0.717) is 12.8 Å². The van der Waals surface area contributed by atoms with E-state index in [9.17, 15) is 19.2 Å². The Bertz CT molecular complexity index is 794. The largest absolute Gasteiger partial charge is 0.467 e. The van der Waals surface area contributed by atoms with Gasteiger partial charge in [0.15, 0.2) is 0 Å². The Morgan fingerprint density at radius 2 is 1.62 bits per heavy atom. The van der Waals surface area contributed by atoms with Crippen LogP contribution < -0.4 is 16.0 Å². The fourth-order valence-electron chi connectivity index (χ4n) is 2.88. The van der Waals surface area contributed by atoms with Crippen molar-refractivity contribution in [3.63, 3.8) is 0 Å². The molecular weight excluding hydrogens is 442 g/mol. The van der Waals surface area contributed by atoms with E-state index in [-0.39, 0.29) is 19.6 Å². The van der Waals surface area contributed by atoms with E-state index in [1.807, 2.05) is 37.3 Å². The van der Waals surface area contributed by atoms with Gasteiger partial charge in [-0.1, -0.05) is 50.1 Å². The number of amides is 3. The maximum Gasteiger partial charge on any atom is 0.408 e. The van der Waals surface area contributed by atoms with E-state index in [2.05, 4.69) is 16.0 Å². The molecular formula is C24H37N3O7. The van der Waals surface area contributed by atoms with Gasteiger partial charge in [-0.25, -0.2) is 14.4 Å². The first-order valence-electron chi connectivity index (χ1n) is 11.4. The van der Waals surface area contributed by atoms with Crippen LogP contribution in [0.5, 0.6) is 0 Å². The first kappa shape index (κ1) is 28.7. The van der Waals surface area contributed by atoms with Crippen LogP contribution in [0, 0.1) is 0 Å². The fraction of sp³-hybridized carbons (Fsp3) is 0.583. The molecule has 0 aliphatic rings. The second-order valence-corrected chi connectivity index (χ2v) is 8.70. The van der Waals surface area contributed by atoms with Crippen LogP contribution in [0.25, 0.3) is 0 Å². The average molecular weight is 480 g/mol. The number of carbonyl (C=O) groups excluding carboxylic acids is 4. The molecule has 0 saturated heterocycles. The first-order chi connectivity index (χ1) is 16.1. The standard InChI is InChI=1S/C24H37N3O7/c1-6-7-13-18(27-23(31)33-16-17-11-9-8-10-12-17)20(28)26-19(21(29)32-5)14-15-25-22(30)34-24(2,3)4/h8-12,18-19H,6-7,13-16H2,1-5H3,(H,25,30)(H,26,28)(H,27,31)/t18-,19-/m0/s1. The molecule has 0 unspecified atom stereocenters. The number of rotatable bonds is 12. The third-order valence-electron chi connectivity index (χ3n) is 4.57. The Labute approximate surface area is 201 Å². The lowest BCUT2D eigenvalue weighted by atomic mass is 10.1. The molecule has 0 spiro atoms. The van der Waals surface area contributed by atoms with Gasteiger partial charge >= 0.3 is 18.2 Å². The molecule has 0 aliphatic heterocycles.